The Kier molecular flexibility index (Phi) is 6.25. The molecule has 0 bridgehead atoms. The van der Waals surface area contributed by atoms with Gasteiger partial charge in [0, 0.05) is 0 Å². The summed E-state index contributed by atoms with van der Waals surface area (Å²) in [6.45, 7) is 6.46. The first-order chi connectivity index (χ1) is 5.63. The summed E-state index contributed by atoms with van der Waals surface area (Å²) in [5.41, 5.74) is 0. The highest BCUT2D eigenvalue weighted by Gasteiger charge is 2.24. The first kappa shape index (κ1) is 11.8. The average molecular weight is 179 g/mol. The summed E-state index contributed by atoms with van der Waals surface area (Å²) in [7, 11) is 0. The van der Waals surface area contributed by atoms with Gasteiger partial charge >= 0.3 is 0 Å². The molecule has 0 aromatic rings. The molecule has 2 unspecified atom stereocenters. The normalized spacial score (nSPS) is 16.5. The number of nitrogens with one attached hydrogen (secondary N) is 1. The van der Waals surface area contributed by atoms with Crippen LogP contribution in [0.4, 0.5) is 8.78 Å². The average Bonchev–Trinajstić information content (AvgIpc) is 2.04. The second kappa shape index (κ2) is 6.35. The van der Waals surface area contributed by atoms with Gasteiger partial charge in [0.1, 0.15) is 0 Å². The van der Waals surface area contributed by atoms with Crippen LogP contribution in [0.2, 0.25) is 0 Å². The molecule has 0 heterocycles. The first-order valence-corrected chi connectivity index (χ1v) is 4.65. The molecule has 0 saturated carbocycles. The Morgan fingerprint density at radius 3 is 2.17 bits per heavy atom. The van der Waals surface area contributed by atoms with E-state index in [-0.39, 0.29) is 5.92 Å². The molecule has 3 heteroatoms. The van der Waals surface area contributed by atoms with Crippen molar-refractivity contribution in [1.29, 1.82) is 0 Å². The summed E-state index contributed by atoms with van der Waals surface area (Å²) in [6.07, 6.45) is -0.544. The third-order valence-electron chi connectivity index (χ3n) is 2.16. The Balaban J connectivity index is 3.85. The zero-order valence-corrected chi connectivity index (χ0v) is 8.11. The van der Waals surface area contributed by atoms with E-state index in [0.717, 1.165) is 12.8 Å². The maximum atomic E-state index is 12.4. The second-order valence-corrected chi connectivity index (χ2v) is 3.20. The van der Waals surface area contributed by atoms with Crippen LogP contribution in [0.3, 0.4) is 0 Å². The van der Waals surface area contributed by atoms with Gasteiger partial charge in [0.15, 0.2) is 0 Å². The lowest BCUT2D eigenvalue weighted by Gasteiger charge is -2.23. The minimum atomic E-state index is -2.24. The van der Waals surface area contributed by atoms with Gasteiger partial charge in [0.05, 0.1) is 6.04 Å². The van der Waals surface area contributed by atoms with Crippen LogP contribution in [0.5, 0.6) is 0 Å². The zero-order chi connectivity index (χ0) is 9.56. The summed E-state index contributed by atoms with van der Waals surface area (Å²) in [4.78, 5) is 0. The molecule has 0 radical (unpaired) electrons. The topological polar surface area (TPSA) is 12.0 Å². The maximum absolute atomic E-state index is 12.4. The molecule has 1 nitrogen and oxygen atoms in total. The minimum absolute atomic E-state index is 0.0524. The molecule has 0 aliphatic rings. The number of hydrogen-bond acceptors (Lipinski definition) is 1. The van der Waals surface area contributed by atoms with Gasteiger partial charge in [-0.3, -0.25) is 0 Å². The second-order valence-electron chi connectivity index (χ2n) is 3.20. The quantitative estimate of drug-likeness (QED) is 0.661. The van der Waals surface area contributed by atoms with E-state index < -0.39 is 12.5 Å². The van der Waals surface area contributed by atoms with Crippen LogP contribution in [0.25, 0.3) is 0 Å². The van der Waals surface area contributed by atoms with E-state index >= 15 is 0 Å². The van der Waals surface area contributed by atoms with Crippen molar-refractivity contribution in [1.82, 2.24) is 5.32 Å². The summed E-state index contributed by atoms with van der Waals surface area (Å²) in [5, 5.41) is 2.87. The molecule has 0 aromatic carbocycles. The van der Waals surface area contributed by atoms with Crippen molar-refractivity contribution in [2.75, 3.05) is 6.54 Å². The number of hydrogen-bond donors (Lipinski definition) is 1. The number of alkyl halides is 2. The summed E-state index contributed by atoms with van der Waals surface area (Å²) < 4.78 is 24.8. The lowest BCUT2D eigenvalue weighted by molar-refractivity contribution is 0.0719. The lowest BCUT2D eigenvalue weighted by atomic mass is 9.99. The summed E-state index contributed by atoms with van der Waals surface area (Å²) >= 11 is 0. The van der Waals surface area contributed by atoms with Gasteiger partial charge in [-0.2, -0.15) is 0 Å². The Morgan fingerprint density at radius 1 is 1.25 bits per heavy atom. The number of halogens is 2. The zero-order valence-electron chi connectivity index (χ0n) is 8.11. The molecule has 0 fully saturated rings. The molecule has 0 aromatic heterocycles. The van der Waals surface area contributed by atoms with E-state index in [1.807, 2.05) is 20.8 Å². The van der Waals surface area contributed by atoms with E-state index in [9.17, 15) is 8.78 Å². The standard InChI is InChI=1S/C9H19F2N/c1-4-6-12-8(9(10)11)7(3)5-2/h7-9,12H,4-6H2,1-3H3. The molecule has 0 amide bonds. The van der Waals surface area contributed by atoms with E-state index in [4.69, 9.17) is 0 Å². The third kappa shape index (κ3) is 4.00. The van der Waals surface area contributed by atoms with Crippen LogP contribution in [-0.4, -0.2) is 19.0 Å². The predicted molar refractivity (Wildman–Crippen MR) is 47.5 cm³/mol. The van der Waals surface area contributed by atoms with E-state index in [1.165, 1.54) is 0 Å². The Bertz CT molecular complexity index is 107. The molecule has 1 N–H and O–H groups in total. The molecule has 0 rings (SSSR count). The third-order valence-corrected chi connectivity index (χ3v) is 2.16. The fraction of sp³-hybridized carbons (Fsp3) is 1.00. The Labute approximate surface area is 73.5 Å². The van der Waals surface area contributed by atoms with Crippen molar-refractivity contribution in [3.63, 3.8) is 0 Å². The molecule has 74 valence electrons. The van der Waals surface area contributed by atoms with Crippen molar-refractivity contribution in [2.45, 2.75) is 46.1 Å². The van der Waals surface area contributed by atoms with Crippen molar-refractivity contribution in [2.24, 2.45) is 5.92 Å². The van der Waals surface area contributed by atoms with Gasteiger partial charge in [-0.25, -0.2) is 8.78 Å². The van der Waals surface area contributed by atoms with Crippen LogP contribution in [0, 0.1) is 5.92 Å². The molecule has 2 atom stereocenters. The lowest BCUT2D eigenvalue weighted by Crippen LogP contribution is -2.41. The van der Waals surface area contributed by atoms with E-state index in [2.05, 4.69) is 5.32 Å². The molecular weight excluding hydrogens is 160 g/mol. The monoisotopic (exact) mass is 179 g/mol. The van der Waals surface area contributed by atoms with Crippen LogP contribution < -0.4 is 5.32 Å². The maximum Gasteiger partial charge on any atom is 0.253 e. The van der Waals surface area contributed by atoms with E-state index in [0.29, 0.717) is 6.54 Å². The smallest absolute Gasteiger partial charge is 0.253 e. The van der Waals surface area contributed by atoms with Crippen LogP contribution >= 0.6 is 0 Å². The van der Waals surface area contributed by atoms with Crippen LogP contribution in [-0.2, 0) is 0 Å². The minimum Gasteiger partial charge on any atom is -0.309 e. The van der Waals surface area contributed by atoms with Crippen molar-refractivity contribution >= 4 is 0 Å². The van der Waals surface area contributed by atoms with Gasteiger partial charge < -0.3 is 5.32 Å². The van der Waals surface area contributed by atoms with Gasteiger partial charge in [-0.05, 0) is 18.9 Å². The first-order valence-electron chi connectivity index (χ1n) is 4.65. The van der Waals surface area contributed by atoms with Gasteiger partial charge in [0.25, 0.3) is 6.43 Å². The highest BCUT2D eigenvalue weighted by molar-refractivity contribution is 4.74. The van der Waals surface area contributed by atoms with E-state index in [1.54, 1.807) is 0 Å². The number of rotatable bonds is 6. The van der Waals surface area contributed by atoms with Crippen LogP contribution in [0.15, 0.2) is 0 Å². The Morgan fingerprint density at radius 2 is 1.83 bits per heavy atom. The summed E-state index contributed by atoms with van der Waals surface area (Å²) in [6, 6.07) is -0.630. The van der Waals surface area contributed by atoms with Crippen LogP contribution in [0.1, 0.15) is 33.6 Å². The van der Waals surface area contributed by atoms with Crippen molar-refractivity contribution in [3.05, 3.63) is 0 Å². The van der Waals surface area contributed by atoms with Gasteiger partial charge in [-0.15, -0.1) is 0 Å². The highest BCUT2D eigenvalue weighted by Crippen LogP contribution is 2.14. The highest BCUT2D eigenvalue weighted by atomic mass is 19.3. The Hall–Kier alpha value is -0.180. The molecule has 0 aliphatic heterocycles. The molecule has 12 heavy (non-hydrogen) atoms. The largest absolute Gasteiger partial charge is 0.309 e. The fourth-order valence-electron chi connectivity index (χ4n) is 1.10. The van der Waals surface area contributed by atoms with Gasteiger partial charge in [0.2, 0.25) is 0 Å². The predicted octanol–water partition coefficient (Wildman–Crippen LogP) is 2.67. The SMILES string of the molecule is CCCNC(C(F)F)C(C)CC. The molecule has 0 saturated heterocycles. The van der Waals surface area contributed by atoms with Gasteiger partial charge in [-0.1, -0.05) is 27.2 Å². The molecule has 0 spiro atoms. The fourth-order valence-corrected chi connectivity index (χ4v) is 1.10. The summed E-state index contributed by atoms with van der Waals surface area (Å²) in [5.74, 6) is 0.0524. The van der Waals surface area contributed by atoms with Crippen molar-refractivity contribution < 1.29 is 8.78 Å². The molecule has 0 aliphatic carbocycles. The molecular formula is C9H19F2N. The van der Waals surface area contributed by atoms with Crippen molar-refractivity contribution in [3.8, 4) is 0 Å².